The number of aromatic nitrogens is 2. The minimum Gasteiger partial charge on any atom is -0.485 e. The van der Waals surface area contributed by atoms with Gasteiger partial charge >= 0.3 is 0 Å². The zero-order chi connectivity index (χ0) is 24.1. The normalized spacial score (nSPS) is 10.6. The van der Waals surface area contributed by atoms with E-state index in [1.807, 2.05) is 0 Å². The van der Waals surface area contributed by atoms with Crippen molar-refractivity contribution in [3.05, 3.63) is 102 Å². The zero-order valence-corrected chi connectivity index (χ0v) is 18.1. The average molecular weight is 462 g/mol. The van der Waals surface area contributed by atoms with Crippen molar-refractivity contribution in [3.63, 3.8) is 0 Å². The van der Waals surface area contributed by atoms with E-state index >= 15 is 0 Å². The number of carbonyl (C=O) groups excluding carboxylic acids is 2. The number of nitrogens with one attached hydrogen (secondary N) is 2. The number of anilines is 2. The van der Waals surface area contributed by atoms with E-state index in [1.165, 1.54) is 54.2 Å². The van der Waals surface area contributed by atoms with Crippen LogP contribution in [0.4, 0.5) is 20.2 Å². The van der Waals surface area contributed by atoms with E-state index in [2.05, 4.69) is 15.7 Å². The van der Waals surface area contributed by atoms with Crippen LogP contribution < -0.4 is 15.4 Å². The third-order valence-corrected chi connectivity index (χ3v) is 4.74. The SMILES string of the molecule is CC(=O)Nc1cccc(NC(=O)c2nn(-c3ccc(F)cc3)cc2OCc2ccc(F)cc2)c1. The molecule has 0 aliphatic rings. The molecule has 0 bridgehead atoms. The van der Waals surface area contributed by atoms with Crippen LogP contribution in [0, 0.1) is 11.6 Å². The first-order valence-corrected chi connectivity index (χ1v) is 10.3. The number of carbonyl (C=O) groups is 2. The van der Waals surface area contributed by atoms with Gasteiger partial charge in [0.1, 0.15) is 18.2 Å². The van der Waals surface area contributed by atoms with Crippen LogP contribution in [0.3, 0.4) is 0 Å². The lowest BCUT2D eigenvalue weighted by Gasteiger charge is -2.09. The second kappa shape index (κ2) is 9.95. The van der Waals surface area contributed by atoms with Crippen LogP contribution in [-0.4, -0.2) is 21.6 Å². The Balaban J connectivity index is 1.60. The molecule has 0 saturated carbocycles. The van der Waals surface area contributed by atoms with Gasteiger partial charge in [-0.3, -0.25) is 9.59 Å². The van der Waals surface area contributed by atoms with Gasteiger partial charge in [-0.15, -0.1) is 0 Å². The molecular weight excluding hydrogens is 442 g/mol. The van der Waals surface area contributed by atoms with Crippen LogP contribution in [0.15, 0.2) is 79.0 Å². The van der Waals surface area contributed by atoms with E-state index in [0.717, 1.165) is 0 Å². The summed E-state index contributed by atoms with van der Waals surface area (Å²) in [6.45, 7) is 1.46. The van der Waals surface area contributed by atoms with Gasteiger partial charge in [0.15, 0.2) is 11.4 Å². The Hall–Kier alpha value is -4.53. The Kier molecular flexibility index (Phi) is 6.63. The van der Waals surface area contributed by atoms with Crippen LogP contribution in [0.5, 0.6) is 5.75 Å². The number of hydrogen-bond donors (Lipinski definition) is 2. The molecule has 2 amide bonds. The molecule has 0 unspecified atom stereocenters. The Morgan fingerprint density at radius 1 is 0.912 bits per heavy atom. The van der Waals surface area contributed by atoms with Crippen molar-refractivity contribution in [3.8, 4) is 11.4 Å². The van der Waals surface area contributed by atoms with Crippen molar-refractivity contribution in [1.29, 1.82) is 0 Å². The van der Waals surface area contributed by atoms with Crippen molar-refractivity contribution in [2.24, 2.45) is 0 Å². The fourth-order valence-corrected chi connectivity index (χ4v) is 3.16. The lowest BCUT2D eigenvalue weighted by atomic mass is 10.2. The van der Waals surface area contributed by atoms with Gasteiger partial charge in [0.25, 0.3) is 5.91 Å². The van der Waals surface area contributed by atoms with Gasteiger partial charge in [-0.2, -0.15) is 5.10 Å². The molecule has 0 aliphatic carbocycles. The minimum atomic E-state index is -0.546. The van der Waals surface area contributed by atoms with Crippen molar-refractivity contribution in [1.82, 2.24) is 9.78 Å². The summed E-state index contributed by atoms with van der Waals surface area (Å²) in [6, 6.07) is 18.0. The zero-order valence-electron chi connectivity index (χ0n) is 18.1. The summed E-state index contributed by atoms with van der Waals surface area (Å²) in [6.07, 6.45) is 1.51. The summed E-state index contributed by atoms with van der Waals surface area (Å²) >= 11 is 0. The van der Waals surface area contributed by atoms with Crippen LogP contribution >= 0.6 is 0 Å². The number of nitrogens with zero attached hydrogens (tertiary/aromatic N) is 2. The lowest BCUT2D eigenvalue weighted by Crippen LogP contribution is -2.15. The van der Waals surface area contributed by atoms with E-state index in [4.69, 9.17) is 4.74 Å². The first kappa shape index (κ1) is 22.7. The van der Waals surface area contributed by atoms with E-state index in [0.29, 0.717) is 22.6 Å². The summed E-state index contributed by atoms with van der Waals surface area (Å²) in [5.74, 6) is -1.37. The highest BCUT2D eigenvalue weighted by molar-refractivity contribution is 6.05. The highest BCUT2D eigenvalue weighted by Gasteiger charge is 2.20. The monoisotopic (exact) mass is 462 g/mol. The largest absolute Gasteiger partial charge is 0.485 e. The summed E-state index contributed by atoms with van der Waals surface area (Å²) < 4.78 is 33.8. The predicted octanol–water partition coefficient (Wildman–Crippen LogP) is 4.94. The maximum atomic E-state index is 13.3. The first-order valence-electron chi connectivity index (χ1n) is 10.3. The molecule has 1 aromatic heterocycles. The van der Waals surface area contributed by atoms with Gasteiger partial charge in [-0.05, 0) is 60.2 Å². The van der Waals surface area contributed by atoms with Crippen molar-refractivity contribution < 1.29 is 23.1 Å². The topological polar surface area (TPSA) is 85.3 Å². The molecule has 0 radical (unpaired) electrons. The van der Waals surface area contributed by atoms with Crippen molar-refractivity contribution in [2.45, 2.75) is 13.5 Å². The Labute approximate surface area is 194 Å². The van der Waals surface area contributed by atoms with Gasteiger partial charge in [0.2, 0.25) is 5.91 Å². The molecule has 0 aliphatic heterocycles. The Morgan fingerprint density at radius 2 is 1.53 bits per heavy atom. The molecular formula is C25H20F2N4O3. The molecule has 7 nitrogen and oxygen atoms in total. The standard InChI is InChI=1S/C25H20F2N4O3/c1-16(32)28-20-3-2-4-21(13-20)29-25(33)24-23(34-15-17-5-7-18(26)8-6-17)14-31(30-24)22-11-9-19(27)10-12-22/h2-14H,15H2,1H3,(H,28,32)(H,29,33). The third kappa shape index (κ3) is 5.63. The molecule has 4 aromatic rings. The maximum absolute atomic E-state index is 13.3. The molecule has 9 heteroatoms. The lowest BCUT2D eigenvalue weighted by molar-refractivity contribution is -0.114. The summed E-state index contributed by atoms with van der Waals surface area (Å²) in [7, 11) is 0. The number of hydrogen-bond acceptors (Lipinski definition) is 4. The number of rotatable bonds is 7. The molecule has 4 rings (SSSR count). The average Bonchev–Trinajstić information content (AvgIpc) is 3.23. The van der Waals surface area contributed by atoms with E-state index in [9.17, 15) is 18.4 Å². The van der Waals surface area contributed by atoms with E-state index < -0.39 is 11.7 Å². The van der Waals surface area contributed by atoms with Gasteiger partial charge in [-0.25, -0.2) is 13.5 Å². The van der Waals surface area contributed by atoms with Crippen LogP contribution in [0.2, 0.25) is 0 Å². The number of amides is 2. The van der Waals surface area contributed by atoms with E-state index in [-0.39, 0.29) is 29.8 Å². The molecule has 2 N–H and O–H groups in total. The second-order valence-corrected chi connectivity index (χ2v) is 7.39. The molecule has 0 atom stereocenters. The van der Waals surface area contributed by atoms with Crippen molar-refractivity contribution >= 4 is 23.2 Å². The summed E-state index contributed by atoms with van der Waals surface area (Å²) in [5.41, 5.74) is 2.19. The van der Waals surface area contributed by atoms with Gasteiger partial charge in [-0.1, -0.05) is 18.2 Å². The predicted molar refractivity (Wildman–Crippen MR) is 123 cm³/mol. The fourth-order valence-electron chi connectivity index (χ4n) is 3.16. The van der Waals surface area contributed by atoms with Crippen LogP contribution in [0.25, 0.3) is 5.69 Å². The molecule has 3 aromatic carbocycles. The molecule has 1 heterocycles. The highest BCUT2D eigenvalue weighted by atomic mass is 19.1. The molecule has 172 valence electrons. The van der Waals surface area contributed by atoms with Crippen LogP contribution in [0.1, 0.15) is 23.0 Å². The van der Waals surface area contributed by atoms with Crippen molar-refractivity contribution in [2.75, 3.05) is 10.6 Å². The smallest absolute Gasteiger partial charge is 0.280 e. The maximum Gasteiger partial charge on any atom is 0.280 e. The highest BCUT2D eigenvalue weighted by Crippen LogP contribution is 2.24. The second-order valence-electron chi connectivity index (χ2n) is 7.39. The first-order chi connectivity index (χ1) is 16.4. The van der Waals surface area contributed by atoms with Gasteiger partial charge in [0, 0.05) is 18.3 Å². The Morgan fingerprint density at radius 3 is 2.18 bits per heavy atom. The quantitative estimate of drug-likeness (QED) is 0.407. The molecule has 0 fully saturated rings. The minimum absolute atomic E-state index is 0.00336. The number of ether oxygens (including phenoxy) is 1. The fraction of sp³-hybridized carbons (Fsp3) is 0.0800. The molecule has 34 heavy (non-hydrogen) atoms. The summed E-state index contributed by atoms with van der Waals surface area (Å²) in [5, 5.41) is 9.72. The van der Waals surface area contributed by atoms with Gasteiger partial charge < -0.3 is 15.4 Å². The number of halogens is 2. The van der Waals surface area contributed by atoms with Crippen LogP contribution in [-0.2, 0) is 11.4 Å². The summed E-state index contributed by atoms with van der Waals surface area (Å²) in [4.78, 5) is 24.4. The van der Waals surface area contributed by atoms with Gasteiger partial charge in [0.05, 0.1) is 11.9 Å². The molecule has 0 spiro atoms. The van der Waals surface area contributed by atoms with E-state index in [1.54, 1.807) is 36.4 Å². The number of benzene rings is 3. The Bertz CT molecular complexity index is 1320. The third-order valence-electron chi connectivity index (χ3n) is 4.74. The molecule has 0 saturated heterocycles.